The Labute approximate surface area is 144 Å². The second-order valence-corrected chi connectivity index (χ2v) is 5.17. The molecule has 0 unspecified atom stereocenters. The smallest absolute Gasteiger partial charge is 0.228 e. The number of anilines is 1. The zero-order valence-corrected chi connectivity index (χ0v) is 13.3. The van der Waals surface area contributed by atoms with Gasteiger partial charge in [-0.05, 0) is 40.3 Å². The lowest BCUT2D eigenvalue weighted by molar-refractivity contribution is -0.115. The summed E-state index contributed by atoms with van der Waals surface area (Å²) in [6, 6.07) is 14.5. The molecule has 7 heteroatoms. The number of benzene rings is 2. The molecule has 0 aliphatic heterocycles. The number of tetrazole rings is 1. The van der Waals surface area contributed by atoms with Crippen LogP contribution in [0.3, 0.4) is 0 Å². The predicted octanol–water partition coefficient (Wildman–Crippen LogP) is 1.86. The zero-order valence-electron chi connectivity index (χ0n) is 13.3. The standard InChI is InChI=1S/C18H15N5O2/c1-2-10-25-17-5-3-4-15(12-17)20-18(24)11-14-6-8-16(9-7-14)23-13-19-21-22-23/h1,3-9,12-13H,10-11H2,(H,20,24). The van der Waals surface area contributed by atoms with Gasteiger partial charge in [0.2, 0.25) is 5.91 Å². The molecule has 0 aliphatic rings. The highest BCUT2D eigenvalue weighted by atomic mass is 16.5. The second-order valence-electron chi connectivity index (χ2n) is 5.17. The maximum absolute atomic E-state index is 12.2. The number of hydrogen-bond acceptors (Lipinski definition) is 5. The molecule has 1 amide bonds. The van der Waals surface area contributed by atoms with Gasteiger partial charge in [-0.25, -0.2) is 4.68 Å². The summed E-state index contributed by atoms with van der Waals surface area (Å²) in [5.41, 5.74) is 2.37. The highest BCUT2D eigenvalue weighted by Gasteiger charge is 2.06. The molecule has 1 heterocycles. The molecule has 25 heavy (non-hydrogen) atoms. The Morgan fingerprint density at radius 1 is 1.24 bits per heavy atom. The van der Waals surface area contributed by atoms with Crippen molar-refractivity contribution in [1.29, 1.82) is 0 Å². The van der Waals surface area contributed by atoms with Crippen LogP contribution < -0.4 is 10.1 Å². The van der Waals surface area contributed by atoms with E-state index in [-0.39, 0.29) is 18.9 Å². The molecule has 0 spiro atoms. The lowest BCUT2D eigenvalue weighted by Gasteiger charge is -2.08. The van der Waals surface area contributed by atoms with Gasteiger partial charge in [0.25, 0.3) is 0 Å². The van der Waals surface area contributed by atoms with Crippen LogP contribution in [-0.2, 0) is 11.2 Å². The molecule has 0 saturated carbocycles. The van der Waals surface area contributed by atoms with Crippen molar-refractivity contribution in [3.8, 4) is 23.8 Å². The van der Waals surface area contributed by atoms with Gasteiger partial charge >= 0.3 is 0 Å². The first-order chi connectivity index (χ1) is 12.2. The Balaban J connectivity index is 1.60. The molecule has 7 nitrogen and oxygen atoms in total. The molecular formula is C18H15N5O2. The van der Waals surface area contributed by atoms with E-state index >= 15 is 0 Å². The van der Waals surface area contributed by atoms with Gasteiger partial charge in [-0.15, -0.1) is 11.5 Å². The van der Waals surface area contributed by atoms with Gasteiger partial charge in [-0.3, -0.25) is 4.79 Å². The topological polar surface area (TPSA) is 81.9 Å². The van der Waals surface area contributed by atoms with Gasteiger partial charge in [0, 0.05) is 11.8 Å². The number of rotatable bonds is 6. The van der Waals surface area contributed by atoms with Crippen LogP contribution in [0.15, 0.2) is 54.9 Å². The Bertz CT molecular complexity index is 883. The Hall–Kier alpha value is -3.66. The zero-order chi connectivity index (χ0) is 17.5. The van der Waals surface area contributed by atoms with Gasteiger partial charge in [0.1, 0.15) is 18.7 Å². The minimum atomic E-state index is -0.121. The van der Waals surface area contributed by atoms with E-state index in [0.717, 1.165) is 11.3 Å². The van der Waals surface area contributed by atoms with Gasteiger partial charge in [0.15, 0.2) is 0 Å². The van der Waals surface area contributed by atoms with Crippen molar-refractivity contribution >= 4 is 11.6 Å². The summed E-state index contributed by atoms with van der Waals surface area (Å²) in [6.07, 6.45) is 6.93. The summed E-state index contributed by atoms with van der Waals surface area (Å²) < 4.78 is 6.89. The summed E-state index contributed by atoms with van der Waals surface area (Å²) in [4.78, 5) is 12.2. The molecule has 1 N–H and O–H groups in total. The lowest BCUT2D eigenvalue weighted by Crippen LogP contribution is -2.14. The number of ether oxygens (including phenoxy) is 1. The van der Waals surface area contributed by atoms with Crippen LogP contribution in [0.4, 0.5) is 5.69 Å². The third kappa shape index (κ3) is 4.42. The van der Waals surface area contributed by atoms with Crippen LogP contribution in [0.25, 0.3) is 5.69 Å². The maximum Gasteiger partial charge on any atom is 0.228 e. The SMILES string of the molecule is C#CCOc1cccc(NC(=O)Cc2ccc(-n3cnnn3)cc2)c1. The van der Waals surface area contributed by atoms with Crippen LogP contribution in [0.5, 0.6) is 5.75 Å². The molecule has 3 rings (SSSR count). The van der Waals surface area contributed by atoms with Gasteiger partial charge in [0.05, 0.1) is 12.1 Å². The third-order valence-corrected chi connectivity index (χ3v) is 3.35. The average molecular weight is 333 g/mol. The molecule has 0 bridgehead atoms. The number of carbonyl (C=O) groups excluding carboxylic acids is 1. The van der Waals surface area contributed by atoms with E-state index in [2.05, 4.69) is 26.8 Å². The normalized spacial score (nSPS) is 10.0. The lowest BCUT2D eigenvalue weighted by atomic mass is 10.1. The predicted molar refractivity (Wildman–Crippen MR) is 92.3 cm³/mol. The summed E-state index contributed by atoms with van der Waals surface area (Å²) >= 11 is 0. The highest BCUT2D eigenvalue weighted by molar-refractivity contribution is 5.92. The maximum atomic E-state index is 12.2. The summed E-state index contributed by atoms with van der Waals surface area (Å²) in [6.45, 7) is 0.186. The van der Waals surface area contributed by atoms with E-state index < -0.39 is 0 Å². The molecule has 2 aromatic carbocycles. The number of nitrogens with zero attached hydrogens (tertiary/aromatic N) is 4. The molecule has 3 aromatic rings. The van der Waals surface area contributed by atoms with Gasteiger partial charge in [-0.1, -0.05) is 24.1 Å². The fourth-order valence-corrected chi connectivity index (χ4v) is 2.23. The Kier molecular flexibility index (Phi) is 5.02. The minimum Gasteiger partial charge on any atom is -0.481 e. The van der Waals surface area contributed by atoms with E-state index in [0.29, 0.717) is 11.4 Å². The van der Waals surface area contributed by atoms with E-state index in [1.807, 2.05) is 24.3 Å². The molecular weight excluding hydrogens is 318 g/mol. The summed E-state index contributed by atoms with van der Waals surface area (Å²) in [7, 11) is 0. The minimum absolute atomic E-state index is 0.121. The van der Waals surface area contributed by atoms with Crippen LogP contribution in [-0.4, -0.2) is 32.7 Å². The molecule has 0 atom stereocenters. The molecule has 0 radical (unpaired) electrons. The first kappa shape index (κ1) is 16.2. The number of amides is 1. The molecule has 0 fully saturated rings. The fraction of sp³-hybridized carbons (Fsp3) is 0.111. The first-order valence-electron chi connectivity index (χ1n) is 7.53. The summed E-state index contributed by atoms with van der Waals surface area (Å²) in [5, 5.41) is 13.8. The fourth-order valence-electron chi connectivity index (χ4n) is 2.23. The molecule has 1 aromatic heterocycles. The van der Waals surface area contributed by atoms with Gasteiger partial charge < -0.3 is 10.1 Å². The third-order valence-electron chi connectivity index (χ3n) is 3.35. The van der Waals surface area contributed by atoms with Crippen molar-refractivity contribution in [1.82, 2.24) is 20.2 Å². The van der Waals surface area contributed by atoms with E-state index in [1.54, 1.807) is 28.9 Å². The van der Waals surface area contributed by atoms with Crippen molar-refractivity contribution in [3.05, 3.63) is 60.4 Å². The van der Waals surface area contributed by atoms with Crippen LogP contribution >= 0.6 is 0 Å². The van der Waals surface area contributed by atoms with Crippen LogP contribution in [0, 0.1) is 12.3 Å². The Morgan fingerprint density at radius 2 is 2.08 bits per heavy atom. The van der Waals surface area contributed by atoms with Crippen LogP contribution in [0.1, 0.15) is 5.56 Å². The number of nitrogens with one attached hydrogen (secondary N) is 1. The molecule has 0 aliphatic carbocycles. The number of carbonyl (C=O) groups is 1. The Morgan fingerprint density at radius 3 is 2.80 bits per heavy atom. The van der Waals surface area contributed by atoms with Crippen molar-refractivity contribution in [2.75, 3.05) is 11.9 Å². The van der Waals surface area contributed by atoms with Crippen LogP contribution in [0.2, 0.25) is 0 Å². The number of terminal acetylenes is 1. The largest absolute Gasteiger partial charge is 0.481 e. The second kappa shape index (κ2) is 7.75. The molecule has 124 valence electrons. The van der Waals surface area contributed by atoms with E-state index in [1.165, 1.54) is 6.33 Å². The number of hydrogen-bond donors (Lipinski definition) is 1. The van der Waals surface area contributed by atoms with Crippen molar-refractivity contribution in [2.24, 2.45) is 0 Å². The van der Waals surface area contributed by atoms with E-state index in [4.69, 9.17) is 11.2 Å². The van der Waals surface area contributed by atoms with Crippen molar-refractivity contribution in [3.63, 3.8) is 0 Å². The summed E-state index contributed by atoms with van der Waals surface area (Å²) in [5.74, 6) is 2.89. The van der Waals surface area contributed by atoms with Gasteiger partial charge in [-0.2, -0.15) is 0 Å². The van der Waals surface area contributed by atoms with Crippen molar-refractivity contribution < 1.29 is 9.53 Å². The number of aromatic nitrogens is 4. The molecule has 0 saturated heterocycles. The average Bonchev–Trinajstić information content (AvgIpc) is 3.15. The van der Waals surface area contributed by atoms with E-state index in [9.17, 15) is 4.79 Å². The first-order valence-corrected chi connectivity index (χ1v) is 7.53. The monoisotopic (exact) mass is 333 g/mol. The van der Waals surface area contributed by atoms with Crippen molar-refractivity contribution in [2.45, 2.75) is 6.42 Å². The highest BCUT2D eigenvalue weighted by Crippen LogP contribution is 2.17. The quantitative estimate of drug-likeness (QED) is 0.696.